The summed E-state index contributed by atoms with van der Waals surface area (Å²) in [5.41, 5.74) is 6.17. The fraction of sp³-hybridized carbons (Fsp3) is 0.593. The summed E-state index contributed by atoms with van der Waals surface area (Å²) in [7, 11) is 3.63. The van der Waals surface area contributed by atoms with Gasteiger partial charge in [0.05, 0.1) is 25.2 Å². The number of aliphatic imine (C=N–C) groups is 3. The molecule has 6 aliphatic rings. The molecule has 0 atom stereocenters. The molecular formula is C27H39N5O3. The third kappa shape index (κ3) is 7.82. The molecule has 3 N–H and O–H groups in total. The van der Waals surface area contributed by atoms with Gasteiger partial charge in [0.2, 0.25) is 5.91 Å². The highest BCUT2D eigenvalue weighted by Crippen LogP contribution is 2.34. The molecule has 1 amide bonds. The Morgan fingerprint density at radius 2 is 1.26 bits per heavy atom. The number of hydrogen-bond donors (Lipinski definition) is 3. The van der Waals surface area contributed by atoms with Gasteiger partial charge in [0.25, 0.3) is 0 Å². The molecule has 0 unspecified atom stereocenters. The molecule has 190 valence electrons. The molecule has 0 radical (unpaired) electrons. The molecule has 0 saturated heterocycles. The van der Waals surface area contributed by atoms with Crippen molar-refractivity contribution in [1.29, 1.82) is 0 Å². The van der Waals surface area contributed by atoms with Crippen molar-refractivity contribution in [2.45, 2.75) is 46.0 Å². The summed E-state index contributed by atoms with van der Waals surface area (Å²) in [5, 5.41) is 14.3. The van der Waals surface area contributed by atoms with E-state index in [1.54, 1.807) is 13.1 Å². The van der Waals surface area contributed by atoms with Gasteiger partial charge in [-0.3, -0.25) is 19.8 Å². The van der Waals surface area contributed by atoms with Gasteiger partial charge in [-0.2, -0.15) is 0 Å². The first-order chi connectivity index (χ1) is 16.5. The molecule has 8 heteroatoms. The highest BCUT2D eigenvalue weighted by molar-refractivity contribution is 6.09. The van der Waals surface area contributed by atoms with Crippen LogP contribution in [0.4, 0.5) is 0 Å². The molecular weight excluding hydrogens is 442 g/mol. The third-order valence-electron chi connectivity index (χ3n) is 6.51. The number of allylic oxidation sites excluding steroid dienone is 3. The Balaban J connectivity index is 0.000000145. The normalized spacial score (nSPS) is 22.0. The molecule has 0 aromatic heterocycles. The maximum atomic E-state index is 11.1. The van der Waals surface area contributed by atoms with Crippen molar-refractivity contribution >= 4 is 29.0 Å². The molecule has 3 fully saturated rings. The Bertz CT molecular complexity index is 1010. The number of nitrogens with zero attached hydrogens (tertiary/aromatic N) is 3. The van der Waals surface area contributed by atoms with Gasteiger partial charge in [-0.15, -0.1) is 0 Å². The first-order valence-electron chi connectivity index (χ1n) is 12.3. The number of carbonyl (C=O) groups excluding carboxylic acids is 1. The lowest BCUT2D eigenvalue weighted by molar-refractivity contribution is -0.132. The van der Waals surface area contributed by atoms with Crippen molar-refractivity contribution in [3.63, 3.8) is 0 Å². The summed E-state index contributed by atoms with van der Waals surface area (Å²) in [6, 6.07) is 0. The van der Waals surface area contributed by atoms with E-state index in [9.17, 15) is 9.59 Å². The van der Waals surface area contributed by atoms with Gasteiger partial charge in [-0.25, -0.2) is 4.79 Å². The third-order valence-corrected chi connectivity index (χ3v) is 6.51. The second kappa shape index (κ2) is 12.2. The maximum absolute atomic E-state index is 11.1. The van der Waals surface area contributed by atoms with E-state index in [0.29, 0.717) is 30.5 Å². The smallest absolute Gasteiger partial charge is 0.333 e. The Morgan fingerprint density at radius 3 is 1.69 bits per heavy atom. The second-order valence-corrected chi connectivity index (χ2v) is 9.60. The monoisotopic (exact) mass is 481 g/mol. The van der Waals surface area contributed by atoms with E-state index in [-0.39, 0.29) is 13.3 Å². The molecule has 8 nitrogen and oxygen atoms in total. The lowest BCUT2D eigenvalue weighted by Crippen LogP contribution is -2.20. The van der Waals surface area contributed by atoms with E-state index in [2.05, 4.69) is 31.7 Å². The lowest BCUT2D eigenvalue weighted by Gasteiger charge is -1.95. The zero-order chi connectivity index (χ0) is 24.1. The first kappa shape index (κ1) is 26.7. The lowest BCUT2D eigenvalue weighted by atomic mass is 10.2. The van der Waals surface area contributed by atoms with Crippen molar-refractivity contribution in [3.8, 4) is 0 Å². The number of carboxylic acid groups (broad SMARTS) is 1. The minimum absolute atomic E-state index is 0. The second-order valence-electron chi connectivity index (χ2n) is 9.60. The van der Waals surface area contributed by atoms with Gasteiger partial charge < -0.3 is 15.7 Å². The van der Waals surface area contributed by atoms with E-state index in [4.69, 9.17) is 5.11 Å². The van der Waals surface area contributed by atoms with Crippen LogP contribution in [0.25, 0.3) is 0 Å². The predicted octanol–water partition coefficient (Wildman–Crippen LogP) is 3.02. The number of hydrogen-bond acceptors (Lipinski definition) is 6. The number of carboxylic acids is 1. The summed E-state index contributed by atoms with van der Waals surface area (Å²) in [6.07, 6.45) is 13.5. The van der Waals surface area contributed by atoms with Crippen LogP contribution in [-0.2, 0) is 9.59 Å². The quantitative estimate of drug-likeness (QED) is 0.518. The summed E-state index contributed by atoms with van der Waals surface area (Å²) >= 11 is 0. The largest absolute Gasteiger partial charge is 0.478 e. The van der Waals surface area contributed by atoms with E-state index in [1.165, 1.54) is 49.8 Å². The van der Waals surface area contributed by atoms with Crippen molar-refractivity contribution in [3.05, 3.63) is 34.9 Å². The van der Waals surface area contributed by atoms with Crippen LogP contribution in [-0.4, -0.2) is 74.4 Å². The summed E-state index contributed by atoms with van der Waals surface area (Å²) in [6.45, 7) is 2.89. The van der Waals surface area contributed by atoms with Crippen LogP contribution in [0, 0.1) is 17.8 Å². The number of amides is 1. The van der Waals surface area contributed by atoms with Crippen LogP contribution in [0.5, 0.6) is 0 Å². The van der Waals surface area contributed by atoms with Crippen LogP contribution in [0.15, 0.2) is 49.9 Å². The SMILES string of the molecule is C.CNC(=O)C1=CC(C2CC2)=NC1.CNCC1=CC(C2CC2)=NC1.O=C(O)C1=CC(C2CC2)=NC1. The van der Waals surface area contributed by atoms with Crippen LogP contribution in [0.1, 0.15) is 46.0 Å². The number of likely N-dealkylation sites (N-methyl/N-ethyl adjacent to an activating group) is 2. The van der Waals surface area contributed by atoms with Crippen molar-refractivity contribution in [2.24, 2.45) is 32.7 Å². The van der Waals surface area contributed by atoms with Gasteiger partial charge in [0, 0.05) is 54.1 Å². The molecule has 0 aromatic carbocycles. The standard InChI is InChI=1S/C9H12N2O.C9H14N2.C8H9NO2.CH4/c1-10-9(12)7-4-8(11-5-7)6-2-3-6;1-10-5-7-4-9(11-6-7)8-2-3-8;10-8(11)6-3-7(9-4-6)5-1-2-5;/h4,6H,2-3,5H2,1H3,(H,10,12);4,8,10H,2-3,5-6H2,1H3;3,5H,1-2,4H2,(H,10,11);1H4. The van der Waals surface area contributed by atoms with Crippen LogP contribution in [0.3, 0.4) is 0 Å². The Kier molecular flexibility index (Phi) is 9.32. The van der Waals surface area contributed by atoms with E-state index in [1.807, 2.05) is 13.1 Å². The molecule has 35 heavy (non-hydrogen) atoms. The molecule has 3 saturated carbocycles. The fourth-order valence-electron chi connectivity index (χ4n) is 4.03. The molecule has 3 heterocycles. The highest BCUT2D eigenvalue weighted by Gasteiger charge is 2.30. The Labute approximate surface area is 208 Å². The molecule has 0 spiro atoms. The number of nitrogens with one attached hydrogen (secondary N) is 2. The van der Waals surface area contributed by atoms with Gasteiger partial charge >= 0.3 is 5.97 Å². The number of rotatable bonds is 7. The van der Waals surface area contributed by atoms with Crippen LogP contribution >= 0.6 is 0 Å². The number of carbonyl (C=O) groups is 2. The average Bonchev–Trinajstić information content (AvgIpc) is 3.82. The molecule has 3 aliphatic heterocycles. The zero-order valence-electron chi connectivity index (χ0n) is 20.1. The van der Waals surface area contributed by atoms with E-state index < -0.39 is 5.97 Å². The van der Waals surface area contributed by atoms with E-state index >= 15 is 0 Å². The van der Waals surface area contributed by atoms with Gasteiger partial charge in [0.1, 0.15) is 0 Å². The summed E-state index contributed by atoms with van der Waals surface area (Å²) in [4.78, 5) is 34.5. The zero-order valence-corrected chi connectivity index (χ0v) is 20.1. The van der Waals surface area contributed by atoms with Crippen LogP contribution in [0.2, 0.25) is 0 Å². The van der Waals surface area contributed by atoms with Gasteiger partial charge in [-0.1, -0.05) is 7.43 Å². The molecule has 0 aromatic rings. The minimum atomic E-state index is -0.829. The predicted molar refractivity (Wildman–Crippen MR) is 142 cm³/mol. The van der Waals surface area contributed by atoms with Crippen molar-refractivity contribution in [1.82, 2.24) is 10.6 Å². The average molecular weight is 482 g/mol. The highest BCUT2D eigenvalue weighted by atomic mass is 16.4. The first-order valence-corrected chi connectivity index (χ1v) is 12.3. The Morgan fingerprint density at radius 1 is 0.800 bits per heavy atom. The fourth-order valence-corrected chi connectivity index (χ4v) is 4.03. The Hall–Kier alpha value is -2.87. The molecule has 3 aliphatic carbocycles. The molecule has 6 rings (SSSR count). The maximum Gasteiger partial charge on any atom is 0.333 e. The van der Waals surface area contributed by atoms with Gasteiger partial charge in [-0.05, 0) is 69.4 Å². The molecule has 0 bridgehead atoms. The summed E-state index contributed by atoms with van der Waals surface area (Å²) in [5.74, 6) is 1.24. The summed E-state index contributed by atoms with van der Waals surface area (Å²) < 4.78 is 0. The van der Waals surface area contributed by atoms with Crippen LogP contribution < -0.4 is 10.6 Å². The van der Waals surface area contributed by atoms with E-state index in [0.717, 1.165) is 36.0 Å². The number of aliphatic carboxylic acids is 1. The van der Waals surface area contributed by atoms with Gasteiger partial charge in [0.15, 0.2) is 0 Å². The minimum Gasteiger partial charge on any atom is -0.478 e. The van der Waals surface area contributed by atoms with Crippen molar-refractivity contribution < 1.29 is 14.7 Å². The van der Waals surface area contributed by atoms with Crippen molar-refractivity contribution in [2.75, 3.05) is 40.3 Å². The topological polar surface area (TPSA) is 116 Å².